The van der Waals surface area contributed by atoms with Crippen LogP contribution in [-0.4, -0.2) is 52.9 Å². The van der Waals surface area contributed by atoms with Crippen LogP contribution in [0, 0.1) is 0 Å². The lowest BCUT2D eigenvalue weighted by molar-refractivity contribution is -0.446. The van der Waals surface area contributed by atoms with Gasteiger partial charge in [0.25, 0.3) is 4.83 Å². The van der Waals surface area contributed by atoms with E-state index in [4.69, 9.17) is 23.7 Å². The molecule has 3 heterocycles. The number of hydrogen-bond acceptors (Lipinski definition) is 6. The first kappa shape index (κ1) is 19.5. The van der Waals surface area contributed by atoms with Crippen LogP contribution in [0.4, 0.5) is 0 Å². The van der Waals surface area contributed by atoms with Gasteiger partial charge in [-0.25, -0.2) is 0 Å². The normalized spacial score (nSPS) is 17.1. The number of pyridine rings is 1. The van der Waals surface area contributed by atoms with Crippen molar-refractivity contribution in [1.29, 1.82) is 0 Å². The number of thiazole rings is 1. The first-order valence-corrected chi connectivity index (χ1v) is 11.0. The molecule has 5 rings (SSSR count). The van der Waals surface area contributed by atoms with Crippen LogP contribution in [-0.2, 0) is 14.2 Å². The Morgan fingerprint density at radius 2 is 1.27 bits per heavy atom. The van der Waals surface area contributed by atoms with Gasteiger partial charge in [0.1, 0.15) is 17.9 Å². The number of ether oxygens (including phenoxy) is 5. The van der Waals surface area contributed by atoms with Gasteiger partial charge in [0.05, 0.1) is 51.1 Å². The van der Waals surface area contributed by atoms with Crippen LogP contribution in [0.3, 0.4) is 0 Å². The Balaban J connectivity index is 1.54. The van der Waals surface area contributed by atoms with Gasteiger partial charge in [-0.1, -0.05) is 23.5 Å². The maximum absolute atomic E-state index is 6.07. The third-order valence-corrected chi connectivity index (χ3v) is 6.09. The quantitative estimate of drug-likeness (QED) is 0.402. The molecule has 4 aromatic rings. The Kier molecular flexibility index (Phi) is 5.94. The highest BCUT2D eigenvalue weighted by molar-refractivity contribution is 7.23. The molecule has 0 fully saturated rings. The number of hydrogen-bond donors (Lipinski definition) is 0. The first-order valence-electron chi connectivity index (χ1n) is 10.2. The van der Waals surface area contributed by atoms with Crippen molar-refractivity contribution in [3.8, 4) is 11.5 Å². The summed E-state index contributed by atoms with van der Waals surface area (Å²) in [6.07, 6.45) is 0. The standard InChI is InChI=1S/C23H24NO5S/c1-2-4-22-18(3-1)24-19-16-21-20(15-17(19)5-6-23(24)30-22)28-13-11-26-9-7-25-8-10-27-12-14-29-21/h1-6,15-16H,7-14H2/q+1. The molecular weight excluding hydrogens is 402 g/mol. The van der Waals surface area contributed by atoms with Crippen molar-refractivity contribution in [3.63, 3.8) is 0 Å². The van der Waals surface area contributed by atoms with Crippen LogP contribution in [0.15, 0.2) is 48.5 Å². The monoisotopic (exact) mass is 426 g/mol. The summed E-state index contributed by atoms with van der Waals surface area (Å²) in [5.74, 6) is 1.43. The molecule has 2 aromatic carbocycles. The Morgan fingerprint density at radius 1 is 0.633 bits per heavy atom. The van der Waals surface area contributed by atoms with Gasteiger partial charge in [0.2, 0.25) is 11.0 Å². The molecule has 0 atom stereocenters. The van der Waals surface area contributed by atoms with E-state index in [0.717, 1.165) is 16.7 Å². The van der Waals surface area contributed by atoms with Crippen molar-refractivity contribution in [2.75, 3.05) is 52.9 Å². The third-order valence-electron chi connectivity index (χ3n) is 4.99. The molecule has 7 heteroatoms. The van der Waals surface area contributed by atoms with Crippen molar-refractivity contribution < 1.29 is 28.1 Å². The molecule has 156 valence electrons. The predicted molar refractivity (Wildman–Crippen MR) is 116 cm³/mol. The van der Waals surface area contributed by atoms with Crippen LogP contribution >= 0.6 is 11.3 Å². The van der Waals surface area contributed by atoms with Gasteiger partial charge in [-0.2, -0.15) is 0 Å². The first-order chi connectivity index (χ1) is 14.9. The zero-order chi connectivity index (χ0) is 20.2. The molecule has 6 nitrogen and oxygen atoms in total. The summed E-state index contributed by atoms with van der Waals surface area (Å²) in [7, 11) is 0. The largest absolute Gasteiger partial charge is 0.487 e. The number of benzene rings is 2. The maximum atomic E-state index is 6.07. The molecule has 0 bridgehead atoms. The highest BCUT2D eigenvalue weighted by Gasteiger charge is 2.20. The van der Waals surface area contributed by atoms with Crippen LogP contribution < -0.4 is 13.9 Å². The van der Waals surface area contributed by atoms with E-state index in [1.165, 1.54) is 15.0 Å². The Labute approximate surface area is 178 Å². The van der Waals surface area contributed by atoms with Crippen LogP contribution in [0.5, 0.6) is 11.5 Å². The van der Waals surface area contributed by atoms with Gasteiger partial charge in [0, 0.05) is 12.1 Å². The summed E-state index contributed by atoms with van der Waals surface area (Å²) in [5.41, 5.74) is 2.29. The minimum atomic E-state index is 0.448. The molecule has 2 aromatic heterocycles. The fraction of sp³-hybridized carbons (Fsp3) is 0.348. The Morgan fingerprint density at radius 3 is 2.00 bits per heavy atom. The van der Waals surface area contributed by atoms with Crippen molar-refractivity contribution in [2.24, 2.45) is 0 Å². The van der Waals surface area contributed by atoms with E-state index in [1.54, 1.807) is 11.3 Å². The molecule has 0 spiro atoms. The van der Waals surface area contributed by atoms with Gasteiger partial charge in [-0.3, -0.25) is 0 Å². The lowest BCUT2D eigenvalue weighted by Gasteiger charge is -2.13. The summed E-state index contributed by atoms with van der Waals surface area (Å²) >= 11 is 1.78. The summed E-state index contributed by atoms with van der Waals surface area (Å²) in [4.78, 5) is 1.19. The summed E-state index contributed by atoms with van der Waals surface area (Å²) < 4.78 is 32.2. The van der Waals surface area contributed by atoms with E-state index in [1.807, 2.05) is 6.07 Å². The van der Waals surface area contributed by atoms with Crippen molar-refractivity contribution in [1.82, 2.24) is 0 Å². The van der Waals surface area contributed by atoms with E-state index >= 15 is 0 Å². The molecular formula is C23H24NO5S+. The summed E-state index contributed by atoms with van der Waals surface area (Å²) in [6.45, 7) is 4.10. The number of fused-ring (bicyclic) bond motifs is 6. The average molecular weight is 427 g/mol. The zero-order valence-electron chi connectivity index (χ0n) is 16.7. The van der Waals surface area contributed by atoms with Gasteiger partial charge in [-0.15, -0.1) is 4.40 Å². The molecule has 0 saturated carbocycles. The molecule has 1 aliphatic heterocycles. The Hall–Kier alpha value is -2.45. The molecule has 0 N–H and O–H groups in total. The number of nitrogens with zero attached hydrogens (tertiary/aromatic N) is 1. The summed E-state index contributed by atoms with van der Waals surface area (Å²) in [5, 5.41) is 1.10. The van der Waals surface area contributed by atoms with Gasteiger partial charge >= 0.3 is 0 Å². The number of aromatic nitrogens is 1. The number of rotatable bonds is 0. The van der Waals surface area contributed by atoms with E-state index in [-0.39, 0.29) is 0 Å². The second-order valence-electron chi connectivity index (χ2n) is 6.97. The molecule has 0 amide bonds. The second-order valence-corrected chi connectivity index (χ2v) is 8.03. The lowest BCUT2D eigenvalue weighted by atomic mass is 10.2. The van der Waals surface area contributed by atoms with Crippen molar-refractivity contribution in [2.45, 2.75) is 0 Å². The fourth-order valence-electron chi connectivity index (χ4n) is 3.60. The number of para-hydroxylation sites is 1. The molecule has 1 aliphatic rings. The highest BCUT2D eigenvalue weighted by atomic mass is 32.1. The van der Waals surface area contributed by atoms with Gasteiger partial charge < -0.3 is 23.7 Å². The van der Waals surface area contributed by atoms with Crippen LogP contribution in [0.2, 0.25) is 0 Å². The van der Waals surface area contributed by atoms with Crippen LogP contribution in [0.1, 0.15) is 0 Å². The SMILES string of the molecule is c1ccc2c(c1)sc1ccc3cc4c(cc3[n+]12)OCCOCCOCCOCCO4. The molecule has 30 heavy (non-hydrogen) atoms. The van der Waals surface area contributed by atoms with Crippen LogP contribution in [0.25, 0.3) is 25.9 Å². The predicted octanol–water partition coefficient (Wildman–Crippen LogP) is 3.61. The van der Waals surface area contributed by atoms with E-state index in [2.05, 4.69) is 46.9 Å². The molecule has 0 unspecified atom stereocenters. The van der Waals surface area contributed by atoms with E-state index in [0.29, 0.717) is 58.6 Å². The highest BCUT2D eigenvalue weighted by Crippen LogP contribution is 2.33. The lowest BCUT2D eigenvalue weighted by Crippen LogP contribution is -2.20. The third kappa shape index (κ3) is 4.06. The second kappa shape index (κ2) is 9.14. The molecule has 0 aliphatic carbocycles. The van der Waals surface area contributed by atoms with E-state index < -0.39 is 0 Å². The smallest absolute Gasteiger partial charge is 0.268 e. The fourth-order valence-corrected chi connectivity index (χ4v) is 4.66. The summed E-state index contributed by atoms with van der Waals surface area (Å²) in [6, 6.07) is 16.9. The van der Waals surface area contributed by atoms with Gasteiger partial charge in [0.15, 0.2) is 11.5 Å². The maximum Gasteiger partial charge on any atom is 0.268 e. The van der Waals surface area contributed by atoms with Crippen molar-refractivity contribution in [3.05, 3.63) is 48.5 Å². The molecule has 0 saturated heterocycles. The van der Waals surface area contributed by atoms with Gasteiger partial charge in [-0.05, 0) is 18.2 Å². The molecule has 0 radical (unpaired) electrons. The minimum absolute atomic E-state index is 0.448. The minimum Gasteiger partial charge on any atom is -0.487 e. The topological polar surface area (TPSA) is 50.2 Å². The van der Waals surface area contributed by atoms with Crippen molar-refractivity contribution >= 4 is 37.3 Å². The average Bonchev–Trinajstić information content (AvgIpc) is 3.15. The zero-order valence-corrected chi connectivity index (χ0v) is 17.5. The Bertz CT molecular complexity index is 1160. The van der Waals surface area contributed by atoms with E-state index in [9.17, 15) is 0 Å².